The summed E-state index contributed by atoms with van der Waals surface area (Å²) in [5.74, 6) is 0.266. The van der Waals surface area contributed by atoms with Gasteiger partial charge in [-0.15, -0.1) is 0 Å². The molecule has 0 spiro atoms. The van der Waals surface area contributed by atoms with Gasteiger partial charge in [-0.05, 0) is 12.5 Å². The van der Waals surface area contributed by atoms with Crippen LogP contribution in [0.4, 0.5) is 0 Å². The molecule has 0 saturated carbocycles. The van der Waals surface area contributed by atoms with E-state index in [-0.39, 0.29) is 12.0 Å². The second-order valence-corrected chi connectivity index (χ2v) is 5.10. The van der Waals surface area contributed by atoms with Crippen LogP contribution in [0.5, 0.6) is 0 Å². The van der Waals surface area contributed by atoms with Crippen molar-refractivity contribution in [2.45, 2.75) is 19.0 Å². The van der Waals surface area contributed by atoms with Gasteiger partial charge in [0.2, 0.25) is 0 Å². The molecule has 0 aromatic rings. The van der Waals surface area contributed by atoms with E-state index in [1.54, 1.807) is 0 Å². The van der Waals surface area contributed by atoms with Crippen molar-refractivity contribution in [2.24, 2.45) is 11.7 Å². The summed E-state index contributed by atoms with van der Waals surface area (Å²) in [5.41, 5.74) is 10.7. The van der Waals surface area contributed by atoms with Crippen LogP contribution in [-0.4, -0.2) is 12.1 Å². The molecule has 19 heavy (non-hydrogen) atoms. The first kappa shape index (κ1) is 11.9. The van der Waals surface area contributed by atoms with Crippen molar-refractivity contribution in [2.75, 3.05) is 0 Å². The number of hydrogen-bond acceptors (Lipinski definition) is 3. The molecule has 3 rings (SSSR count). The van der Waals surface area contributed by atoms with E-state index in [0.717, 1.165) is 17.0 Å². The zero-order valence-corrected chi connectivity index (χ0v) is 11.1. The fourth-order valence-corrected chi connectivity index (χ4v) is 2.88. The smallest absolute Gasteiger partial charge is 0.0634 e. The van der Waals surface area contributed by atoms with Gasteiger partial charge in [-0.1, -0.05) is 43.0 Å². The first-order valence-corrected chi connectivity index (χ1v) is 6.63. The first-order valence-electron chi connectivity index (χ1n) is 6.63. The summed E-state index contributed by atoms with van der Waals surface area (Å²) in [6, 6.07) is 0.575. The monoisotopic (exact) mass is 253 g/mol. The van der Waals surface area contributed by atoms with Crippen LogP contribution < -0.4 is 16.4 Å². The maximum Gasteiger partial charge on any atom is 0.0634 e. The second-order valence-electron chi connectivity index (χ2n) is 5.10. The van der Waals surface area contributed by atoms with Gasteiger partial charge in [0.1, 0.15) is 0 Å². The number of nitrogens with one attached hydrogen (secondary N) is 2. The van der Waals surface area contributed by atoms with Crippen LogP contribution in [-0.2, 0) is 0 Å². The summed E-state index contributed by atoms with van der Waals surface area (Å²) >= 11 is 0. The Balaban J connectivity index is 1.97. The zero-order valence-electron chi connectivity index (χ0n) is 11.1. The standard InChI is InChI=1S/C16H19N3/c1-3-6-11-10(2)18-9-13(11)16-15(17)12-7-4-5-8-14(12)19-16/h3-10,12,14,18-19H,1,17H2,2H3/b11-6+. The van der Waals surface area contributed by atoms with Gasteiger partial charge >= 0.3 is 0 Å². The Morgan fingerprint density at radius 3 is 2.84 bits per heavy atom. The van der Waals surface area contributed by atoms with E-state index in [0.29, 0.717) is 6.04 Å². The highest BCUT2D eigenvalue weighted by molar-refractivity contribution is 5.56. The number of rotatable bonds is 2. The Hall–Kier alpha value is -2.16. The maximum absolute atomic E-state index is 6.33. The highest BCUT2D eigenvalue weighted by Crippen LogP contribution is 2.35. The Morgan fingerprint density at radius 1 is 1.32 bits per heavy atom. The molecule has 0 aromatic carbocycles. The van der Waals surface area contributed by atoms with Crippen LogP contribution in [0.25, 0.3) is 0 Å². The molecule has 2 heterocycles. The van der Waals surface area contributed by atoms with E-state index in [1.165, 1.54) is 5.57 Å². The van der Waals surface area contributed by atoms with Gasteiger partial charge in [0.25, 0.3) is 0 Å². The quantitative estimate of drug-likeness (QED) is 0.704. The van der Waals surface area contributed by atoms with E-state index in [4.69, 9.17) is 5.73 Å². The first-order chi connectivity index (χ1) is 9.22. The van der Waals surface area contributed by atoms with Crippen LogP contribution in [0.1, 0.15) is 6.92 Å². The van der Waals surface area contributed by atoms with E-state index in [2.05, 4.69) is 48.4 Å². The molecule has 0 aromatic heterocycles. The summed E-state index contributed by atoms with van der Waals surface area (Å²) in [4.78, 5) is 0. The summed E-state index contributed by atoms with van der Waals surface area (Å²) in [6.45, 7) is 5.93. The summed E-state index contributed by atoms with van der Waals surface area (Å²) in [6.07, 6.45) is 14.4. The van der Waals surface area contributed by atoms with Crippen LogP contribution >= 0.6 is 0 Å². The molecule has 98 valence electrons. The molecule has 3 unspecified atom stereocenters. The predicted octanol–water partition coefficient (Wildman–Crippen LogP) is 1.86. The lowest BCUT2D eigenvalue weighted by atomic mass is 9.94. The number of allylic oxidation sites excluding steroid dienone is 5. The third-order valence-electron chi connectivity index (χ3n) is 3.92. The third kappa shape index (κ3) is 1.82. The predicted molar refractivity (Wildman–Crippen MR) is 78.9 cm³/mol. The second kappa shape index (κ2) is 4.50. The van der Waals surface area contributed by atoms with Crippen LogP contribution in [0, 0.1) is 5.92 Å². The lowest BCUT2D eigenvalue weighted by Crippen LogP contribution is -2.27. The summed E-state index contributed by atoms with van der Waals surface area (Å²) < 4.78 is 0. The molecular formula is C16H19N3. The average Bonchev–Trinajstić information content (AvgIpc) is 2.93. The van der Waals surface area contributed by atoms with Crippen molar-refractivity contribution in [3.8, 4) is 0 Å². The largest absolute Gasteiger partial charge is 0.400 e. The molecule has 3 heteroatoms. The molecule has 3 atom stereocenters. The average molecular weight is 253 g/mol. The van der Waals surface area contributed by atoms with Crippen LogP contribution in [0.3, 0.4) is 0 Å². The van der Waals surface area contributed by atoms with Crippen molar-refractivity contribution < 1.29 is 0 Å². The van der Waals surface area contributed by atoms with Gasteiger partial charge in [0.15, 0.2) is 0 Å². The zero-order chi connectivity index (χ0) is 13.4. The summed E-state index contributed by atoms with van der Waals surface area (Å²) in [7, 11) is 0. The van der Waals surface area contributed by atoms with Crippen LogP contribution in [0.2, 0.25) is 0 Å². The number of hydrogen-bond donors (Lipinski definition) is 3. The maximum atomic E-state index is 6.33. The molecule has 3 aliphatic rings. The molecule has 0 fully saturated rings. The van der Waals surface area contributed by atoms with Gasteiger partial charge in [0, 0.05) is 29.4 Å². The van der Waals surface area contributed by atoms with Crippen molar-refractivity contribution in [1.82, 2.24) is 10.6 Å². The van der Waals surface area contributed by atoms with Crippen molar-refractivity contribution in [3.05, 3.63) is 71.8 Å². The lowest BCUT2D eigenvalue weighted by molar-refractivity contribution is 0.623. The van der Waals surface area contributed by atoms with Gasteiger partial charge in [-0.3, -0.25) is 0 Å². The molecule has 0 amide bonds. The molecule has 0 saturated heterocycles. The molecule has 0 bridgehead atoms. The van der Waals surface area contributed by atoms with Gasteiger partial charge in [0.05, 0.1) is 11.7 Å². The van der Waals surface area contributed by atoms with Gasteiger partial charge in [-0.25, -0.2) is 0 Å². The fraction of sp³-hybridized carbons (Fsp3) is 0.250. The summed E-state index contributed by atoms with van der Waals surface area (Å²) in [5, 5.41) is 6.87. The normalized spacial score (nSPS) is 34.1. The van der Waals surface area contributed by atoms with E-state index in [1.807, 2.05) is 18.4 Å². The molecular weight excluding hydrogens is 234 g/mol. The van der Waals surface area contributed by atoms with Crippen molar-refractivity contribution in [3.63, 3.8) is 0 Å². The number of nitrogens with two attached hydrogens (primary N) is 1. The minimum Gasteiger partial charge on any atom is -0.400 e. The highest BCUT2D eigenvalue weighted by atomic mass is 15.0. The minimum atomic E-state index is 0.266. The molecule has 0 radical (unpaired) electrons. The van der Waals surface area contributed by atoms with E-state index >= 15 is 0 Å². The number of fused-ring (bicyclic) bond motifs is 1. The molecule has 2 aliphatic heterocycles. The molecule has 4 N–H and O–H groups in total. The van der Waals surface area contributed by atoms with Crippen LogP contribution in [0.15, 0.2) is 71.8 Å². The van der Waals surface area contributed by atoms with E-state index in [9.17, 15) is 0 Å². The topological polar surface area (TPSA) is 50.1 Å². The Kier molecular flexibility index (Phi) is 2.82. The fourth-order valence-electron chi connectivity index (χ4n) is 2.88. The van der Waals surface area contributed by atoms with E-state index < -0.39 is 0 Å². The lowest BCUT2D eigenvalue weighted by Gasteiger charge is -2.17. The molecule has 1 aliphatic carbocycles. The SMILES string of the molecule is C=C/C=C1/C(C2=C(N)C3C=CC=CC3N2)=CNC1C. The van der Waals surface area contributed by atoms with Crippen molar-refractivity contribution in [1.29, 1.82) is 0 Å². The van der Waals surface area contributed by atoms with Gasteiger partial charge < -0.3 is 16.4 Å². The minimum absolute atomic E-state index is 0.266. The van der Waals surface area contributed by atoms with Gasteiger partial charge in [-0.2, -0.15) is 0 Å². The Labute approximate surface area is 113 Å². The third-order valence-corrected chi connectivity index (χ3v) is 3.92. The molecule has 3 nitrogen and oxygen atoms in total. The Morgan fingerprint density at radius 2 is 2.11 bits per heavy atom. The van der Waals surface area contributed by atoms with Crippen molar-refractivity contribution >= 4 is 0 Å². The Bertz CT molecular complexity index is 561. The highest BCUT2D eigenvalue weighted by Gasteiger charge is 2.34.